The normalized spacial score (nSPS) is 10.9. The molecule has 0 unspecified atom stereocenters. The highest BCUT2D eigenvalue weighted by molar-refractivity contribution is 6.06. The molecule has 3 aromatic rings. The summed E-state index contributed by atoms with van der Waals surface area (Å²) >= 11 is 0. The molecule has 3 rings (SSSR count). The van der Waals surface area contributed by atoms with Crippen LogP contribution in [0.1, 0.15) is 24.2 Å². The summed E-state index contributed by atoms with van der Waals surface area (Å²) in [7, 11) is 0. The van der Waals surface area contributed by atoms with Gasteiger partial charge in [0.2, 0.25) is 5.88 Å². The van der Waals surface area contributed by atoms with E-state index < -0.39 is 5.97 Å². The Morgan fingerprint density at radius 3 is 2.35 bits per heavy atom. The van der Waals surface area contributed by atoms with Crippen LogP contribution < -0.4 is 9.47 Å². The van der Waals surface area contributed by atoms with Gasteiger partial charge < -0.3 is 19.6 Å². The van der Waals surface area contributed by atoms with Gasteiger partial charge in [-0.1, -0.05) is 18.2 Å². The average molecular weight is 311 g/mol. The molecule has 0 spiro atoms. The summed E-state index contributed by atoms with van der Waals surface area (Å²) < 4.78 is 11.3. The topological polar surface area (TPSA) is 71.5 Å². The van der Waals surface area contributed by atoms with E-state index in [0.29, 0.717) is 11.1 Å². The number of aromatic nitrogens is 1. The van der Waals surface area contributed by atoms with Crippen molar-refractivity contribution in [1.29, 1.82) is 0 Å². The highest BCUT2D eigenvalue weighted by Crippen LogP contribution is 2.32. The summed E-state index contributed by atoms with van der Waals surface area (Å²) in [5.41, 5.74) is 0.850. The Labute approximate surface area is 133 Å². The zero-order chi connectivity index (χ0) is 16.4. The molecule has 0 aliphatic carbocycles. The van der Waals surface area contributed by atoms with E-state index in [-0.39, 0.29) is 17.5 Å². The molecule has 0 amide bonds. The first kappa shape index (κ1) is 15.0. The van der Waals surface area contributed by atoms with Crippen molar-refractivity contribution in [2.24, 2.45) is 0 Å². The minimum atomic E-state index is -1.03. The summed E-state index contributed by atoms with van der Waals surface area (Å²) in [5.74, 6) is 0.464. The number of rotatable bonds is 5. The SMILES string of the molecule is CC(C)Oc1ccc(Oc2[nH]c3ccccc3c2C(=O)O)cc1. The smallest absolute Gasteiger partial charge is 0.341 e. The minimum Gasteiger partial charge on any atom is -0.491 e. The van der Waals surface area contributed by atoms with Crippen molar-refractivity contribution in [3.63, 3.8) is 0 Å². The molecule has 0 aliphatic heterocycles. The number of aromatic amines is 1. The molecule has 0 saturated carbocycles. The Kier molecular flexibility index (Phi) is 3.93. The van der Waals surface area contributed by atoms with Crippen molar-refractivity contribution in [3.8, 4) is 17.4 Å². The van der Waals surface area contributed by atoms with E-state index in [0.717, 1.165) is 11.3 Å². The van der Waals surface area contributed by atoms with Gasteiger partial charge in [0.25, 0.3) is 0 Å². The number of ether oxygens (including phenoxy) is 2. The monoisotopic (exact) mass is 311 g/mol. The van der Waals surface area contributed by atoms with Gasteiger partial charge in [-0.25, -0.2) is 4.79 Å². The van der Waals surface area contributed by atoms with Crippen LogP contribution in [-0.4, -0.2) is 22.2 Å². The highest BCUT2D eigenvalue weighted by atomic mass is 16.5. The molecule has 1 aromatic heterocycles. The fourth-order valence-electron chi connectivity index (χ4n) is 2.38. The van der Waals surface area contributed by atoms with Gasteiger partial charge in [-0.2, -0.15) is 0 Å². The van der Waals surface area contributed by atoms with Crippen LogP contribution >= 0.6 is 0 Å². The van der Waals surface area contributed by atoms with E-state index in [1.807, 2.05) is 26.0 Å². The van der Waals surface area contributed by atoms with E-state index >= 15 is 0 Å². The van der Waals surface area contributed by atoms with E-state index in [4.69, 9.17) is 9.47 Å². The first-order valence-corrected chi connectivity index (χ1v) is 7.33. The van der Waals surface area contributed by atoms with Crippen molar-refractivity contribution < 1.29 is 19.4 Å². The van der Waals surface area contributed by atoms with E-state index in [9.17, 15) is 9.90 Å². The maximum Gasteiger partial charge on any atom is 0.341 e. The van der Waals surface area contributed by atoms with E-state index in [1.54, 1.807) is 36.4 Å². The Bertz CT molecular complexity index is 834. The molecular formula is C18H17NO4. The maximum absolute atomic E-state index is 11.5. The largest absolute Gasteiger partial charge is 0.491 e. The number of hydrogen-bond donors (Lipinski definition) is 2. The molecule has 0 atom stereocenters. The molecule has 0 bridgehead atoms. The number of carbonyl (C=O) groups is 1. The molecule has 23 heavy (non-hydrogen) atoms. The van der Waals surface area contributed by atoms with Crippen molar-refractivity contribution in [3.05, 3.63) is 54.1 Å². The van der Waals surface area contributed by atoms with Gasteiger partial charge in [-0.3, -0.25) is 0 Å². The lowest BCUT2D eigenvalue weighted by Crippen LogP contribution is -2.05. The number of hydrogen-bond acceptors (Lipinski definition) is 3. The summed E-state index contributed by atoms with van der Waals surface area (Å²) in [6.07, 6.45) is 0.0917. The summed E-state index contributed by atoms with van der Waals surface area (Å²) in [4.78, 5) is 14.5. The van der Waals surface area contributed by atoms with Crippen molar-refractivity contribution in [2.45, 2.75) is 20.0 Å². The standard InChI is InChI=1S/C18H17NO4/c1-11(2)22-12-7-9-13(10-8-12)23-17-16(18(20)21)14-5-3-4-6-15(14)19-17/h3-11,19H,1-2H3,(H,20,21). The summed E-state index contributed by atoms with van der Waals surface area (Å²) in [6.45, 7) is 3.90. The third kappa shape index (κ3) is 3.13. The Morgan fingerprint density at radius 1 is 1.04 bits per heavy atom. The van der Waals surface area contributed by atoms with Crippen molar-refractivity contribution in [1.82, 2.24) is 4.98 Å². The van der Waals surface area contributed by atoms with Crippen LogP contribution in [0.3, 0.4) is 0 Å². The number of aromatic carboxylic acids is 1. The third-order valence-electron chi connectivity index (χ3n) is 3.30. The van der Waals surface area contributed by atoms with Crippen LogP contribution in [-0.2, 0) is 0 Å². The van der Waals surface area contributed by atoms with Crippen LogP contribution in [0.4, 0.5) is 0 Å². The van der Waals surface area contributed by atoms with E-state index in [2.05, 4.69) is 4.98 Å². The molecule has 5 nitrogen and oxygen atoms in total. The zero-order valence-corrected chi connectivity index (χ0v) is 12.9. The summed E-state index contributed by atoms with van der Waals surface area (Å²) in [5, 5.41) is 10.1. The van der Waals surface area contributed by atoms with Gasteiger partial charge in [0.15, 0.2) is 0 Å². The second-order valence-corrected chi connectivity index (χ2v) is 5.42. The van der Waals surface area contributed by atoms with Crippen molar-refractivity contribution in [2.75, 3.05) is 0 Å². The quantitative estimate of drug-likeness (QED) is 0.730. The Hall–Kier alpha value is -2.95. The number of para-hydroxylation sites is 1. The molecule has 0 radical (unpaired) electrons. The first-order chi connectivity index (χ1) is 11.0. The zero-order valence-electron chi connectivity index (χ0n) is 12.9. The van der Waals surface area contributed by atoms with Gasteiger partial charge in [0.05, 0.1) is 6.10 Å². The van der Waals surface area contributed by atoms with E-state index in [1.165, 1.54) is 0 Å². The number of fused-ring (bicyclic) bond motifs is 1. The molecule has 118 valence electrons. The van der Waals surface area contributed by atoms with Gasteiger partial charge in [0, 0.05) is 10.9 Å². The molecule has 0 fully saturated rings. The third-order valence-corrected chi connectivity index (χ3v) is 3.30. The van der Waals surface area contributed by atoms with Gasteiger partial charge in [0.1, 0.15) is 17.1 Å². The second-order valence-electron chi connectivity index (χ2n) is 5.42. The number of carboxylic acids is 1. The van der Waals surface area contributed by atoms with Gasteiger partial charge >= 0.3 is 5.97 Å². The lowest BCUT2D eigenvalue weighted by atomic mass is 10.2. The molecule has 5 heteroatoms. The molecule has 2 N–H and O–H groups in total. The Morgan fingerprint density at radius 2 is 1.70 bits per heavy atom. The number of H-pyrrole nitrogens is 1. The Balaban J connectivity index is 1.92. The molecule has 2 aromatic carbocycles. The highest BCUT2D eigenvalue weighted by Gasteiger charge is 2.19. The fraction of sp³-hybridized carbons (Fsp3) is 0.167. The van der Waals surface area contributed by atoms with Crippen LogP contribution in [0.15, 0.2) is 48.5 Å². The first-order valence-electron chi connectivity index (χ1n) is 7.33. The maximum atomic E-state index is 11.5. The predicted octanol–water partition coefficient (Wildman–Crippen LogP) is 4.45. The second kappa shape index (κ2) is 6.04. The summed E-state index contributed by atoms with van der Waals surface area (Å²) in [6, 6.07) is 14.3. The van der Waals surface area contributed by atoms with Gasteiger partial charge in [-0.05, 0) is 44.2 Å². The number of carboxylic acid groups (broad SMARTS) is 1. The lowest BCUT2D eigenvalue weighted by molar-refractivity contribution is 0.0696. The fourth-order valence-corrected chi connectivity index (χ4v) is 2.38. The van der Waals surface area contributed by atoms with Gasteiger partial charge in [-0.15, -0.1) is 0 Å². The number of benzene rings is 2. The molecule has 0 aliphatic rings. The molecule has 1 heterocycles. The molecular weight excluding hydrogens is 294 g/mol. The van der Waals surface area contributed by atoms with Crippen molar-refractivity contribution >= 4 is 16.9 Å². The average Bonchev–Trinajstić information content (AvgIpc) is 2.86. The predicted molar refractivity (Wildman–Crippen MR) is 87.5 cm³/mol. The lowest BCUT2D eigenvalue weighted by Gasteiger charge is -2.10. The van der Waals surface area contributed by atoms with Crippen LogP contribution in [0.5, 0.6) is 17.4 Å². The van der Waals surface area contributed by atoms with Crippen LogP contribution in [0.2, 0.25) is 0 Å². The molecule has 0 saturated heterocycles. The van der Waals surface area contributed by atoms with Crippen LogP contribution in [0, 0.1) is 0 Å². The van der Waals surface area contributed by atoms with Crippen LogP contribution in [0.25, 0.3) is 10.9 Å². The minimum absolute atomic E-state index is 0.0917. The number of nitrogens with one attached hydrogen (secondary N) is 1.